The number of aromatic nitrogens is 3. The summed E-state index contributed by atoms with van der Waals surface area (Å²) in [4.78, 5) is 30.6. The number of hydrogen-bond acceptors (Lipinski definition) is 6. The van der Waals surface area contributed by atoms with Gasteiger partial charge in [0.15, 0.2) is 11.5 Å². The molecule has 0 aliphatic carbocycles. The number of halogens is 1. The van der Waals surface area contributed by atoms with E-state index < -0.39 is 11.8 Å². The third-order valence-electron chi connectivity index (χ3n) is 4.41. The predicted octanol–water partition coefficient (Wildman–Crippen LogP) is 2.28. The van der Waals surface area contributed by atoms with Crippen molar-refractivity contribution in [3.63, 3.8) is 0 Å². The van der Waals surface area contributed by atoms with Gasteiger partial charge in [-0.25, -0.2) is 14.0 Å². The molecule has 0 saturated heterocycles. The monoisotopic (exact) mass is 382 g/mol. The Balaban J connectivity index is 1.68. The van der Waals surface area contributed by atoms with Crippen molar-refractivity contribution in [1.82, 2.24) is 14.8 Å². The van der Waals surface area contributed by atoms with E-state index in [1.807, 2.05) is 0 Å². The average Bonchev–Trinajstić information content (AvgIpc) is 3.25. The van der Waals surface area contributed by atoms with Crippen LogP contribution in [-0.2, 0) is 6.54 Å². The van der Waals surface area contributed by atoms with Crippen molar-refractivity contribution in [2.24, 2.45) is 0 Å². The van der Waals surface area contributed by atoms with Crippen LogP contribution in [0.3, 0.4) is 0 Å². The summed E-state index contributed by atoms with van der Waals surface area (Å²) in [6, 6.07) is 9.31. The molecule has 1 aliphatic rings. The lowest BCUT2D eigenvalue weighted by atomic mass is 10.1. The topological polar surface area (TPSA) is 86.6 Å². The zero-order valence-corrected chi connectivity index (χ0v) is 15.0. The summed E-state index contributed by atoms with van der Waals surface area (Å²) in [5, 5.41) is 4.16. The minimum absolute atomic E-state index is 0.0939. The molecule has 1 aliphatic heterocycles. The molecule has 0 radical (unpaired) electrons. The van der Waals surface area contributed by atoms with E-state index in [-0.39, 0.29) is 35.2 Å². The molecular formula is C19H15FN4O4. The molecule has 4 rings (SSSR count). The summed E-state index contributed by atoms with van der Waals surface area (Å²) >= 11 is 0. The number of rotatable bonds is 5. The van der Waals surface area contributed by atoms with Crippen molar-refractivity contribution in [1.29, 1.82) is 0 Å². The van der Waals surface area contributed by atoms with Gasteiger partial charge in [-0.15, -0.1) is 5.10 Å². The molecule has 0 saturated carbocycles. The zero-order valence-electron chi connectivity index (χ0n) is 15.0. The van der Waals surface area contributed by atoms with Crippen molar-refractivity contribution in [2.45, 2.75) is 6.54 Å². The van der Waals surface area contributed by atoms with Crippen molar-refractivity contribution >= 4 is 17.8 Å². The van der Waals surface area contributed by atoms with Crippen molar-refractivity contribution < 1.29 is 23.5 Å². The molecule has 2 amide bonds. The van der Waals surface area contributed by atoms with Crippen LogP contribution in [0, 0.1) is 5.82 Å². The Labute approximate surface area is 159 Å². The zero-order chi connectivity index (χ0) is 19.8. The first-order valence-electron chi connectivity index (χ1n) is 8.31. The molecule has 0 fully saturated rings. The molecule has 28 heavy (non-hydrogen) atoms. The van der Waals surface area contributed by atoms with Crippen molar-refractivity contribution in [2.75, 3.05) is 19.1 Å². The van der Waals surface area contributed by atoms with E-state index in [4.69, 9.17) is 9.47 Å². The van der Waals surface area contributed by atoms with Gasteiger partial charge in [0.1, 0.15) is 12.1 Å². The van der Waals surface area contributed by atoms with Crippen LogP contribution < -0.4 is 14.4 Å². The number of amides is 2. The van der Waals surface area contributed by atoms with Crippen molar-refractivity contribution in [3.05, 3.63) is 65.2 Å². The first kappa shape index (κ1) is 17.7. The molecule has 1 aromatic heterocycles. The van der Waals surface area contributed by atoms with Gasteiger partial charge in [0.2, 0.25) is 0 Å². The third-order valence-corrected chi connectivity index (χ3v) is 4.41. The molecule has 0 unspecified atom stereocenters. The molecule has 3 aromatic rings. The molecule has 2 heterocycles. The van der Waals surface area contributed by atoms with E-state index >= 15 is 0 Å². The van der Waals surface area contributed by atoms with Crippen LogP contribution in [0.4, 0.5) is 10.3 Å². The Bertz CT molecular complexity index is 1100. The van der Waals surface area contributed by atoms with E-state index in [0.29, 0.717) is 11.3 Å². The van der Waals surface area contributed by atoms with Gasteiger partial charge in [0, 0.05) is 5.56 Å². The lowest BCUT2D eigenvalue weighted by molar-refractivity contribution is 0.0923. The first-order chi connectivity index (χ1) is 13.5. The highest BCUT2D eigenvalue weighted by Crippen LogP contribution is 2.39. The average molecular weight is 382 g/mol. The van der Waals surface area contributed by atoms with E-state index in [1.54, 1.807) is 24.3 Å². The summed E-state index contributed by atoms with van der Waals surface area (Å²) in [6.45, 7) is 0.111. The second-order valence-electron chi connectivity index (χ2n) is 6.00. The molecule has 0 bridgehead atoms. The number of fused-ring (bicyclic) bond motifs is 1. The molecule has 2 aromatic carbocycles. The van der Waals surface area contributed by atoms with Gasteiger partial charge in [0.05, 0.1) is 31.9 Å². The van der Waals surface area contributed by atoms with Gasteiger partial charge in [-0.05, 0) is 18.2 Å². The molecule has 142 valence electrons. The number of hydrogen-bond donors (Lipinski definition) is 0. The summed E-state index contributed by atoms with van der Waals surface area (Å²) < 4.78 is 25.6. The Kier molecular flexibility index (Phi) is 4.26. The fourth-order valence-corrected chi connectivity index (χ4v) is 3.09. The second kappa shape index (κ2) is 6.76. The van der Waals surface area contributed by atoms with Gasteiger partial charge >= 0.3 is 0 Å². The normalized spacial score (nSPS) is 13.0. The standard InChI is InChI=1S/C19H15FN4O4/c1-27-14-8-7-12-15(16(14)28-2)18(26)24(17(12)25)19-21-10-23(22-19)9-11-5-3-4-6-13(11)20/h3-8,10H,9H2,1-2H3. The fraction of sp³-hybridized carbons (Fsp3) is 0.158. The quantitative estimate of drug-likeness (QED) is 0.630. The Morgan fingerprint density at radius 2 is 1.82 bits per heavy atom. The van der Waals surface area contributed by atoms with E-state index in [9.17, 15) is 14.0 Å². The predicted molar refractivity (Wildman–Crippen MR) is 96.2 cm³/mol. The molecule has 0 spiro atoms. The van der Waals surface area contributed by atoms with Gasteiger partial charge in [0.25, 0.3) is 17.8 Å². The number of ether oxygens (including phenoxy) is 2. The number of benzene rings is 2. The Morgan fingerprint density at radius 1 is 1.04 bits per heavy atom. The number of imide groups is 1. The van der Waals surface area contributed by atoms with Crippen LogP contribution in [0.1, 0.15) is 26.3 Å². The highest BCUT2D eigenvalue weighted by molar-refractivity contribution is 6.35. The van der Waals surface area contributed by atoms with Crippen LogP contribution in [0.5, 0.6) is 11.5 Å². The van der Waals surface area contributed by atoms with Gasteiger partial charge in [-0.1, -0.05) is 18.2 Å². The van der Waals surface area contributed by atoms with Crippen molar-refractivity contribution in [3.8, 4) is 11.5 Å². The molecular weight excluding hydrogens is 367 g/mol. The lowest BCUT2D eigenvalue weighted by Crippen LogP contribution is -2.30. The van der Waals surface area contributed by atoms with Gasteiger partial charge in [-0.3, -0.25) is 9.59 Å². The number of methoxy groups -OCH3 is 2. The maximum Gasteiger partial charge on any atom is 0.272 e. The highest BCUT2D eigenvalue weighted by Gasteiger charge is 2.42. The number of nitrogens with zero attached hydrogens (tertiary/aromatic N) is 4. The van der Waals surface area contributed by atoms with Crippen LogP contribution in [-0.4, -0.2) is 40.8 Å². The van der Waals surface area contributed by atoms with Crippen LogP contribution in [0.15, 0.2) is 42.7 Å². The molecule has 0 atom stereocenters. The van der Waals surface area contributed by atoms with E-state index in [2.05, 4.69) is 10.1 Å². The van der Waals surface area contributed by atoms with Crippen LogP contribution in [0.25, 0.3) is 0 Å². The first-order valence-corrected chi connectivity index (χ1v) is 8.31. The fourth-order valence-electron chi connectivity index (χ4n) is 3.09. The minimum atomic E-state index is -0.612. The second-order valence-corrected chi connectivity index (χ2v) is 6.00. The minimum Gasteiger partial charge on any atom is -0.493 e. The summed E-state index contributed by atoms with van der Waals surface area (Å²) in [5.74, 6) is -1.14. The number of carbonyl (C=O) groups excluding carboxylic acids is 2. The van der Waals surface area contributed by atoms with E-state index in [1.165, 1.54) is 37.4 Å². The Morgan fingerprint density at radius 3 is 2.54 bits per heavy atom. The Hall–Kier alpha value is -3.75. The van der Waals surface area contributed by atoms with Gasteiger partial charge < -0.3 is 9.47 Å². The van der Waals surface area contributed by atoms with Crippen LogP contribution >= 0.6 is 0 Å². The molecule has 0 N–H and O–H groups in total. The highest BCUT2D eigenvalue weighted by atomic mass is 19.1. The van der Waals surface area contributed by atoms with Crippen LogP contribution in [0.2, 0.25) is 0 Å². The summed E-state index contributed by atoms with van der Waals surface area (Å²) in [7, 11) is 2.83. The third kappa shape index (κ3) is 2.68. The smallest absolute Gasteiger partial charge is 0.272 e. The maximum absolute atomic E-state index is 13.8. The molecule has 8 nitrogen and oxygen atoms in total. The summed E-state index contributed by atoms with van der Waals surface area (Å²) in [5.41, 5.74) is 0.679. The summed E-state index contributed by atoms with van der Waals surface area (Å²) in [6.07, 6.45) is 1.34. The van der Waals surface area contributed by atoms with Gasteiger partial charge in [-0.2, -0.15) is 4.98 Å². The largest absolute Gasteiger partial charge is 0.493 e. The van der Waals surface area contributed by atoms with E-state index in [0.717, 1.165) is 4.90 Å². The number of carbonyl (C=O) groups is 2. The molecule has 9 heteroatoms. The maximum atomic E-state index is 13.8. The lowest BCUT2D eigenvalue weighted by Gasteiger charge is -2.10. The number of anilines is 1. The SMILES string of the molecule is COc1ccc2c(c1OC)C(=O)N(c1ncn(Cc3ccccc3F)n1)C2=O.